The average Bonchev–Trinajstić information content (AvgIpc) is 2.31. The molecule has 0 amide bonds. The molecule has 5 heteroatoms. The second kappa shape index (κ2) is 2.89. The molecule has 0 saturated heterocycles. The minimum Gasteiger partial charge on any atom is -0.217 e. The fourth-order valence-electron chi connectivity index (χ4n) is 0.841. The molecule has 0 spiro atoms. The van der Waals surface area contributed by atoms with E-state index in [-0.39, 0.29) is 11.2 Å². The summed E-state index contributed by atoms with van der Waals surface area (Å²) in [5.41, 5.74) is 0.0843. The summed E-state index contributed by atoms with van der Waals surface area (Å²) in [4.78, 5) is 0. The van der Waals surface area contributed by atoms with Crippen molar-refractivity contribution < 1.29 is 0 Å². The molecule has 1 aromatic heterocycles. The van der Waals surface area contributed by atoms with E-state index >= 15 is 0 Å². The molecule has 0 aliphatic rings. The molecule has 5 nitrogen and oxygen atoms in total. The van der Waals surface area contributed by atoms with Crippen molar-refractivity contribution in [1.82, 2.24) is 20.2 Å². The van der Waals surface area contributed by atoms with Gasteiger partial charge in [0, 0.05) is 0 Å². The van der Waals surface area contributed by atoms with Gasteiger partial charge in [-0.1, -0.05) is 25.9 Å². The van der Waals surface area contributed by atoms with Crippen LogP contribution in [0.4, 0.5) is 0 Å². The summed E-state index contributed by atoms with van der Waals surface area (Å²) in [7, 11) is 0. The van der Waals surface area contributed by atoms with Gasteiger partial charge in [0.05, 0.1) is 6.54 Å². The van der Waals surface area contributed by atoms with Gasteiger partial charge in [0.2, 0.25) is 0 Å². The van der Waals surface area contributed by atoms with E-state index in [4.69, 9.17) is 5.26 Å². The van der Waals surface area contributed by atoms with E-state index in [0.717, 1.165) is 0 Å². The van der Waals surface area contributed by atoms with Crippen LogP contribution in [0.3, 0.4) is 0 Å². The van der Waals surface area contributed by atoms with E-state index < -0.39 is 0 Å². The van der Waals surface area contributed by atoms with Crippen molar-refractivity contribution in [2.24, 2.45) is 5.41 Å². The first kappa shape index (κ1) is 8.65. The maximum Gasteiger partial charge on any atom is 0.253 e. The summed E-state index contributed by atoms with van der Waals surface area (Å²) in [6, 6.07) is 1.92. The largest absolute Gasteiger partial charge is 0.253 e. The molecule has 0 N–H and O–H groups in total. The molecular formula is C7H11N5. The Hall–Kier alpha value is -1.44. The smallest absolute Gasteiger partial charge is 0.217 e. The van der Waals surface area contributed by atoms with Crippen LogP contribution in [0, 0.1) is 16.7 Å². The summed E-state index contributed by atoms with van der Waals surface area (Å²) in [5, 5.41) is 19.3. The molecule has 64 valence electrons. The first-order chi connectivity index (χ1) is 5.53. The van der Waals surface area contributed by atoms with Crippen LogP contribution >= 0.6 is 0 Å². The fraction of sp³-hybridized carbons (Fsp3) is 0.714. The fourth-order valence-corrected chi connectivity index (χ4v) is 0.841. The van der Waals surface area contributed by atoms with E-state index in [1.807, 2.05) is 6.07 Å². The van der Waals surface area contributed by atoms with E-state index in [0.29, 0.717) is 6.54 Å². The Bertz CT molecular complexity index is 300. The van der Waals surface area contributed by atoms with Gasteiger partial charge in [-0.25, -0.2) is 4.68 Å². The Balaban J connectivity index is 2.84. The molecule has 0 unspecified atom stereocenters. The number of hydrogen-bond donors (Lipinski definition) is 0. The van der Waals surface area contributed by atoms with E-state index in [1.165, 1.54) is 4.68 Å². The second-order valence-corrected chi connectivity index (χ2v) is 3.83. The highest BCUT2D eigenvalue weighted by molar-refractivity contribution is 5.05. The highest BCUT2D eigenvalue weighted by atomic mass is 15.5. The molecule has 0 aliphatic heterocycles. The Morgan fingerprint density at radius 3 is 2.67 bits per heavy atom. The third-order valence-corrected chi connectivity index (χ3v) is 1.26. The van der Waals surface area contributed by atoms with Gasteiger partial charge in [-0.15, -0.1) is 0 Å². The van der Waals surface area contributed by atoms with Crippen molar-refractivity contribution in [3.05, 3.63) is 5.82 Å². The van der Waals surface area contributed by atoms with Crippen molar-refractivity contribution in [2.75, 3.05) is 0 Å². The topological polar surface area (TPSA) is 67.4 Å². The van der Waals surface area contributed by atoms with Gasteiger partial charge in [0.15, 0.2) is 0 Å². The monoisotopic (exact) mass is 165 g/mol. The van der Waals surface area contributed by atoms with Crippen LogP contribution in [0.5, 0.6) is 0 Å². The standard InChI is InChI=1S/C7H11N5/c1-7(2,3)5-12-6(4-8)9-10-11-12/h5H2,1-3H3. The first-order valence-electron chi connectivity index (χ1n) is 3.69. The van der Waals surface area contributed by atoms with Gasteiger partial charge in [0.1, 0.15) is 6.07 Å². The SMILES string of the molecule is CC(C)(C)Cn1nnnc1C#N. The lowest BCUT2D eigenvalue weighted by molar-refractivity contribution is 0.319. The molecule has 0 atom stereocenters. The van der Waals surface area contributed by atoms with Gasteiger partial charge in [-0.2, -0.15) is 5.26 Å². The Labute approximate surface area is 71.0 Å². The van der Waals surface area contributed by atoms with Crippen molar-refractivity contribution in [3.63, 3.8) is 0 Å². The highest BCUT2D eigenvalue weighted by Gasteiger charge is 2.14. The molecule has 0 saturated carbocycles. The molecule has 1 aromatic rings. The lowest BCUT2D eigenvalue weighted by atomic mass is 9.97. The molecule has 0 aliphatic carbocycles. The van der Waals surface area contributed by atoms with Crippen molar-refractivity contribution in [3.8, 4) is 6.07 Å². The number of nitrogens with zero attached hydrogens (tertiary/aromatic N) is 5. The molecule has 1 heterocycles. The number of rotatable bonds is 1. The summed E-state index contributed by atoms with van der Waals surface area (Å²) >= 11 is 0. The number of aromatic nitrogens is 4. The van der Waals surface area contributed by atoms with Gasteiger partial charge >= 0.3 is 0 Å². The van der Waals surface area contributed by atoms with Crippen LogP contribution in [-0.4, -0.2) is 20.2 Å². The van der Waals surface area contributed by atoms with Gasteiger partial charge in [-0.3, -0.25) is 0 Å². The zero-order chi connectivity index (χ0) is 9.19. The number of hydrogen-bond acceptors (Lipinski definition) is 4. The molecule has 12 heavy (non-hydrogen) atoms. The molecule has 0 bridgehead atoms. The molecule has 0 radical (unpaired) electrons. The van der Waals surface area contributed by atoms with Gasteiger partial charge < -0.3 is 0 Å². The maximum atomic E-state index is 8.59. The summed E-state index contributed by atoms with van der Waals surface area (Å²) in [6.07, 6.45) is 0. The molecular weight excluding hydrogens is 154 g/mol. The van der Waals surface area contributed by atoms with Gasteiger partial charge in [0.25, 0.3) is 5.82 Å². The second-order valence-electron chi connectivity index (χ2n) is 3.83. The zero-order valence-corrected chi connectivity index (χ0v) is 7.44. The zero-order valence-electron chi connectivity index (χ0n) is 7.44. The van der Waals surface area contributed by atoms with Crippen molar-refractivity contribution in [2.45, 2.75) is 27.3 Å². The van der Waals surface area contributed by atoms with Crippen LogP contribution in [0.25, 0.3) is 0 Å². The molecule has 0 aromatic carbocycles. The Morgan fingerprint density at radius 1 is 1.50 bits per heavy atom. The van der Waals surface area contributed by atoms with Crippen LogP contribution < -0.4 is 0 Å². The maximum absolute atomic E-state index is 8.59. The normalized spacial score (nSPS) is 11.2. The van der Waals surface area contributed by atoms with E-state index in [9.17, 15) is 0 Å². The van der Waals surface area contributed by atoms with Crippen LogP contribution in [0.1, 0.15) is 26.6 Å². The van der Waals surface area contributed by atoms with Crippen LogP contribution in [0.15, 0.2) is 0 Å². The lowest BCUT2D eigenvalue weighted by Gasteiger charge is -2.16. The highest BCUT2D eigenvalue weighted by Crippen LogP contribution is 2.15. The van der Waals surface area contributed by atoms with Crippen molar-refractivity contribution in [1.29, 1.82) is 5.26 Å². The minimum absolute atomic E-state index is 0.0843. The predicted octanol–water partition coefficient (Wildman–Crippen LogP) is 0.591. The number of nitriles is 1. The molecule has 0 fully saturated rings. The van der Waals surface area contributed by atoms with Gasteiger partial charge in [-0.05, 0) is 15.8 Å². The van der Waals surface area contributed by atoms with Crippen LogP contribution in [0.2, 0.25) is 0 Å². The lowest BCUT2D eigenvalue weighted by Crippen LogP contribution is -2.17. The Morgan fingerprint density at radius 2 is 2.17 bits per heavy atom. The van der Waals surface area contributed by atoms with E-state index in [1.54, 1.807) is 0 Å². The summed E-state index contributed by atoms with van der Waals surface area (Å²) in [6.45, 7) is 6.85. The third-order valence-electron chi connectivity index (χ3n) is 1.26. The number of tetrazole rings is 1. The summed E-state index contributed by atoms with van der Waals surface area (Å²) < 4.78 is 1.51. The predicted molar refractivity (Wildman–Crippen MR) is 42.0 cm³/mol. The first-order valence-corrected chi connectivity index (χ1v) is 3.69. The summed E-state index contributed by atoms with van der Waals surface area (Å²) in [5.74, 6) is 0.268. The Kier molecular flexibility index (Phi) is 2.09. The quantitative estimate of drug-likeness (QED) is 0.610. The average molecular weight is 165 g/mol. The molecule has 1 rings (SSSR count). The third kappa shape index (κ3) is 2.02. The van der Waals surface area contributed by atoms with Crippen molar-refractivity contribution >= 4 is 0 Å². The van der Waals surface area contributed by atoms with Crippen LogP contribution in [-0.2, 0) is 6.54 Å². The van der Waals surface area contributed by atoms with E-state index in [2.05, 4.69) is 36.3 Å². The minimum atomic E-state index is 0.0843.